The van der Waals surface area contributed by atoms with Crippen LogP contribution in [-0.4, -0.2) is 21.0 Å². The molecule has 0 radical (unpaired) electrons. The number of halogens is 1. The summed E-state index contributed by atoms with van der Waals surface area (Å²) in [7, 11) is 0. The molecule has 34 heavy (non-hydrogen) atoms. The number of carbonyl (C=O) groups excluding carboxylic acids is 1. The number of non-ortho nitro benzene ring substituents is 1. The number of carbonyl (C=O) groups is 1. The minimum Gasteiger partial charge on any atom is -0.455 e. The fraction of sp³-hybridized carbons (Fsp3) is 0.0800. The lowest BCUT2D eigenvalue weighted by molar-refractivity contribution is -0.384. The van der Waals surface area contributed by atoms with E-state index in [1.165, 1.54) is 30.3 Å². The Kier molecular flexibility index (Phi) is 5.52. The monoisotopic (exact) mass is 520 g/mol. The average Bonchev–Trinajstić information content (AvgIpc) is 3.38. The predicted molar refractivity (Wildman–Crippen MR) is 127 cm³/mol. The summed E-state index contributed by atoms with van der Waals surface area (Å²) in [5.74, 6) is -0.432. The number of fused-ring (bicyclic) bond motifs is 1. The van der Waals surface area contributed by atoms with Gasteiger partial charge in [0.1, 0.15) is 12.2 Å². The van der Waals surface area contributed by atoms with E-state index in [0.717, 1.165) is 14.9 Å². The fourth-order valence-corrected chi connectivity index (χ4v) is 4.19. The zero-order chi connectivity index (χ0) is 23.9. The maximum atomic E-state index is 13.4. The molecule has 1 aliphatic rings. The van der Waals surface area contributed by atoms with Crippen molar-refractivity contribution in [2.75, 3.05) is 0 Å². The van der Waals surface area contributed by atoms with Gasteiger partial charge in [-0.2, -0.15) is 5.06 Å². The molecule has 0 saturated carbocycles. The summed E-state index contributed by atoms with van der Waals surface area (Å²) in [5.41, 5.74) is -0.0879. The first-order valence-corrected chi connectivity index (χ1v) is 11.1. The summed E-state index contributed by atoms with van der Waals surface area (Å²) < 4.78 is 6.66. The summed E-state index contributed by atoms with van der Waals surface area (Å²) >= 11 is 3.41. The van der Waals surface area contributed by atoms with Gasteiger partial charge in [0.2, 0.25) is 5.72 Å². The van der Waals surface area contributed by atoms with Gasteiger partial charge >= 0.3 is 0 Å². The standard InChI is InChI=1S/C25H17BrN2O6/c26-19-6-3-5-17(12-19)21-14-25(30,23-13-18-4-1-2-7-22(18)34-23)27(24(21)29)33-15-16-8-10-20(11-9-16)28(31)32/h1-14,30H,15H2. The summed E-state index contributed by atoms with van der Waals surface area (Å²) in [6.07, 6.45) is 1.41. The van der Waals surface area contributed by atoms with E-state index in [2.05, 4.69) is 15.9 Å². The summed E-state index contributed by atoms with van der Waals surface area (Å²) in [6, 6.07) is 21.8. The van der Waals surface area contributed by atoms with Crippen LogP contribution in [0.2, 0.25) is 0 Å². The number of benzene rings is 3. The largest absolute Gasteiger partial charge is 0.455 e. The highest BCUT2D eigenvalue weighted by Crippen LogP contribution is 2.41. The van der Waals surface area contributed by atoms with Crippen LogP contribution in [0.4, 0.5) is 5.69 Å². The van der Waals surface area contributed by atoms with Crippen molar-refractivity contribution in [1.82, 2.24) is 5.06 Å². The fourth-order valence-electron chi connectivity index (χ4n) is 3.79. The SMILES string of the molecule is O=C1C(c2cccc(Br)c2)=CC(O)(c2cc3ccccc3o2)N1OCc1ccc([N+](=O)[O-])cc1. The summed E-state index contributed by atoms with van der Waals surface area (Å²) in [6.45, 7) is -0.105. The van der Waals surface area contributed by atoms with E-state index in [0.29, 0.717) is 16.7 Å². The van der Waals surface area contributed by atoms with Gasteiger partial charge in [-0.3, -0.25) is 19.7 Å². The van der Waals surface area contributed by atoms with Crippen LogP contribution in [0, 0.1) is 10.1 Å². The lowest BCUT2D eigenvalue weighted by Crippen LogP contribution is -2.43. The van der Waals surface area contributed by atoms with Crippen molar-refractivity contribution >= 4 is 44.1 Å². The van der Waals surface area contributed by atoms with Gasteiger partial charge in [0.05, 0.1) is 10.5 Å². The molecule has 8 nitrogen and oxygen atoms in total. The number of furan rings is 1. The van der Waals surface area contributed by atoms with Gasteiger partial charge in [0.25, 0.3) is 11.6 Å². The number of hydrogen-bond acceptors (Lipinski definition) is 6. The maximum Gasteiger partial charge on any atom is 0.281 e. The Morgan fingerprint density at radius 3 is 2.53 bits per heavy atom. The molecule has 1 aliphatic heterocycles. The predicted octanol–water partition coefficient (Wildman–Crippen LogP) is 5.31. The van der Waals surface area contributed by atoms with E-state index >= 15 is 0 Å². The van der Waals surface area contributed by atoms with Crippen molar-refractivity contribution in [2.24, 2.45) is 0 Å². The molecular weight excluding hydrogens is 504 g/mol. The third-order valence-corrected chi connectivity index (χ3v) is 5.99. The van der Waals surface area contributed by atoms with Crippen molar-refractivity contribution < 1.29 is 24.1 Å². The van der Waals surface area contributed by atoms with Crippen molar-refractivity contribution in [3.8, 4) is 0 Å². The van der Waals surface area contributed by atoms with Crippen molar-refractivity contribution in [2.45, 2.75) is 12.3 Å². The van der Waals surface area contributed by atoms with Crippen molar-refractivity contribution in [3.05, 3.63) is 116 Å². The van der Waals surface area contributed by atoms with E-state index < -0.39 is 16.6 Å². The van der Waals surface area contributed by atoms with Crippen LogP contribution < -0.4 is 0 Å². The first-order valence-electron chi connectivity index (χ1n) is 10.3. The minimum atomic E-state index is -2.01. The first-order chi connectivity index (χ1) is 16.3. The molecule has 1 unspecified atom stereocenters. The van der Waals surface area contributed by atoms with Crippen LogP contribution >= 0.6 is 15.9 Å². The van der Waals surface area contributed by atoms with Gasteiger partial charge < -0.3 is 9.52 Å². The van der Waals surface area contributed by atoms with E-state index in [9.17, 15) is 20.0 Å². The first kappa shape index (κ1) is 22.0. The number of hydroxylamine groups is 2. The van der Waals surface area contributed by atoms with E-state index in [1.54, 1.807) is 30.3 Å². The molecule has 0 saturated heterocycles. The quantitative estimate of drug-likeness (QED) is 0.273. The number of aliphatic hydroxyl groups is 1. The Morgan fingerprint density at radius 2 is 1.82 bits per heavy atom. The van der Waals surface area contributed by atoms with E-state index in [1.807, 2.05) is 24.3 Å². The lowest BCUT2D eigenvalue weighted by Gasteiger charge is -2.29. The highest BCUT2D eigenvalue weighted by atomic mass is 79.9. The number of amides is 1. The molecule has 3 aromatic carbocycles. The number of nitro benzene ring substituents is 1. The number of rotatable bonds is 6. The molecule has 5 rings (SSSR count). The molecular formula is C25H17BrN2O6. The lowest BCUT2D eigenvalue weighted by atomic mass is 10.0. The van der Waals surface area contributed by atoms with Gasteiger partial charge in [0, 0.05) is 22.0 Å². The summed E-state index contributed by atoms with van der Waals surface area (Å²) in [5, 5.41) is 24.2. The molecule has 0 fully saturated rings. The minimum absolute atomic E-state index is 0.0570. The van der Waals surface area contributed by atoms with E-state index in [4.69, 9.17) is 9.25 Å². The molecule has 1 aromatic heterocycles. The van der Waals surface area contributed by atoms with Gasteiger partial charge in [-0.15, -0.1) is 0 Å². The van der Waals surface area contributed by atoms with E-state index in [-0.39, 0.29) is 23.6 Å². The van der Waals surface area contributed by atoms with Crippen molar-refractivity contribution in [1.29, 1.82) is 0 Å². The van der Waals surface area contributed by atoms with Gasteiger partial charge in [0.15, 0.2) is 5.76 Å². The van der Waals surface area contributed by atoms with Crippen LogP contribution in [0.15, 0.2) is 93.8 Å². The maximum absolute atomic E-state index is 13.4. The molecule has 1 atom stereocenters. The highest BCUT2D eigenvalue weighted by molar-refractivity contribution is 9.10. The molecule has 1 amide bonds. The topological polar surface area (TPSA) is 106 Å². The average molecular weight is 521 g/mol. The number of nitrogens with zero attached hydrogens (tertiary/aromatic N) is 2. The molecule has 0 spiro atoms. The Morgan fingerprint density at radius 1 is 1.06 bits per heavy atom. The molecule has 0 bridgehead atoms. The van der Waals surface area contributed by atoms with Crippen LogP contribution in [0.1, 0.15) is 16.9 Å². The second-order valence-corrected chi connectivity index (χ2v) is 8.66. The second kappa shape index (κ2) is 8.53. The normalized spacial score (nSPS) is 17.9. The number of nitro groups is 1. The van der Waals surface area contributed by atoms with Crippen LogP contribution in [0.5, 0.6) is 0 Å². The highest BCUT2D eigenvalue weighted by Gasteiger charge is 2.49. The molecule has 9 heteroatoms. The van der Waals surface area contributed by atoms with Crippen molar-refractivity contribution in [3.63, 3.8) is 0 Å². The Balaban J connectivity index is 1.52. The Hall–Kier alpha value is -3.79. The van der Waals surface area contributed by atoms with Crippen LogP contribution in [0.25, 0.3) is 16.5 Å². The molecule has 4 aromatic rings. The Labute approximate surface area is 201 Å². The third kappa shape index (κ3) is 3.90. The zero-order valence-electron chi connectivity index (χ0n) is 17.6. The molecule has 2 heterocycles. The third-order valence-electron chi connectivity index (χ3n) is 5.50. The molecule has 170 valence electrons. The van der Waals surface area contributed by atoms with Gasteiger partial charge in [-0.05, 0) is 53.6 Å². The van der Waals surface area contributed by atoms with Gasteiger partial charge in [-0.1, -0.05) is 46.3 Å². The van der Waals surface area contributed by atoms with Crippen LogP contribution in [0.3, 0.4) is 0 Å². The zero-order valence-corrected chi connectivity index (χ0v) is 19.1. The molecule has 0 aliphatic carbocycles. The number of hydrogen-bond donors (Lipinski definition) is 1. The van der Waals surface area contributed by atoms with Crippen LogP contribution in [-0.2, 0) is 22.0 Å². The second-order valence-electron chi connectivity index (χ2n) is 7.74. The smallest absolute Gasteiger partial charge is 0.281 e. The van der Waals surface area contributed by atoms with Gasteiger partial charge in [-0.25, -0.2) is 0 Å². The molecule has 1 N–H and O–H groups in total. The number of para-hydroxylation sites is 1. The summed E-state index contributed by atoms with van der Waals surface area (Å²) in [4.78, 5) is 29.6. The Bertz CT molecular complexity index is 1410.